The van der Waals surface area contributed by atoms with Gasteiger partial charge in [-0.15, -0.1) is 11.3 Å². The number of nitriles is 1. The van der Waals surface area contributed by atoms with Crippen molar-refractivity contribution in [3.63, 3.8) is 0 Å². The van der Waals surface area contributed by atoms with Crippen LogP contribution in [0.4, 0.5) is 5.69 Å². The Kier molecular flexibility index (Phi) is 4.87. The Bertz CT molecular complexity index is 635. The van der Waals surface area contributed by atoms with Crippen LogP contribution in [0.15, 0.2) is 36.4 Å². The maximum absolute atomic E-state index is 8.53. The normalized spacial score (nSPS) is 11.0. The van der Waals surface area contributed by atoms with E-state index in [0.717, 1.165) is 12.2 Å². The monoisotopic (exact) mass is 300 g/mol. The van der Waals surface area contributed by atoms with E-state index in [9.17, 15) is 0 Å². The second-order valence-electron chi connectivity index (χ2n) is 5.84. The summed E-state index contributed by atoms with van der Waals surface area (Å²) in [6.45, 7) is 7.55. The molecule has 21 heavy (non-hydrogen) atoms. The molecule has 0 radical (unpaired) electrons. The topological polar surface area (TPSA) is 45.0 Å². The Morgan fingerprint density at radius 2 is 2.05 bits per heavy atom. The Balaban J connectivity index is 1.97. The highest BCUT2D eigenvalue weighted by atomic mass is 32.1. The third-order valence-electron chi connectivity index (χ3n) is 3.01. The lowest BCUT2D eigenvalue weighted by atomic mass is 9.95. The Morgan fingerprint density at radius 1 is 1.24 bits per heavy atom. The molecule has 2 aromatic rings. The van der Waals surface area contributed by atoms with Crippen molar-refractivity contribution in [2.75, 3.05) is 11.9 Å². The van der Waals surface area contributed by atoms with E-state index in [0.29, 0.717) is 5.75 Å². The second-order valence-corrected chi connectivity index (χ2v) is 7.01. The second kappa shape index (κ2) is 6.64. The van der Waals surface area contributed by atoms with Crippen LogP contribution in [-0.2, 0) is 12.0 Å². The molecule has 1 N–H and O–H groups in total. The molecule has 2 rings (SSSR count). The number of benzene rings is 1. The summed E-state index contributed by atoms with van der Waals surface area (Å²) >= 11 is 1.84. The lowest BCUT2D eigenvalue weighted by Crippen LogP contribution is -2.07. The van der Waals surface area contributed by atoms with Crippen LogP contribution in [0.25, 0.3) is 0 Å². The molecule has 0 spiro atoms. The van der Waals surface area contributed by atoms with Crippen LogP contribution >= 0.6 is 11.3 Å². The van der Waals surface area contributed by atoms with E-state index in [4.69, 9.17) is 10.00 Å². The number of anilines is 1. The van der Waals surface area contributed by atoms with Crippen LogP contribution in [0.1, 0.15) is 30.5 Å². The van der Waals surface area contributed by atoms with Crippen LogP contribution in [-0.4, -0.2) is 6.61 Å². The zero-order chi connectivity index (χ0) is 15.3. The third-order valence-corrected chi connectivity index (χ3v) is 4.52. The predicted molar refractivity (Wildman–Crippen MR) is 87.9 cm³/mol. The molecule has 110 valence electrons. The summed E-state index contributed by atoms with van der Waals surface area (Å²) in [5.74, 6) is 0.711. The summed E-state index contributed by atoms with van der Waals surface area (Å²) in [7, 11) is 0. The minimum absolute atomic E-state index is 0.0727. The van der Waals surface area contributed by atoms with E-state index in [1.807, 2.05) is 41.7 Å². The molecule has 0 unspecified atom stereocenters. The summed E-state index contributed by atoms with van der Waals surface area (Å²) in [6, 6.07) is 14.0. The molecule has 0 aliphatic heterocycles. The fraction of sp³-hybridized carbons (Fsp3) is 0.353. The number of hydrogen-bond donors (Lipinski definition) is 1. The van der Waals surface area contributed by atoms with Crippen molar-refractivity contribution in [3.8, 4) is 11.8 Å². The van der Waals surface area contributed by atoms with Crippen LogP contribution in [0.5, 0.6) is 5.75 Å². The van der Waals surface area contributed by atoms with Gasteiger partial charge in [0.15, 0.2) is 6.61 Å². The summed E-state index contributed by atoms with van der Waals surface area (Å²) in [5, 5.41) is 11.9. The predicted octanol–water partition coefficient (Wildman–Crippen LogP) is 4.56. The van der Waals surface area contributed by atoms with Gasteiger partial charge in [0.25, 0.3) is 0 Å². The Hall–Kier alpha value is -1.99. The smallest absolute Gasteiger partial charge is 0.174 e. The number of nitrogens with one attached hydrogen (secondary N) is 1. The van der Waals surface area contributed by atoms with Gasteiger partial charge in [0, 0.05) is 28.1 Å². The largest absolute Gasteiger partial charge is 0.479 e. The van der Waals surface area contributed by atoms with Gasteiger partial charge in [0.05, 0.1) is 0 Å². The van der Waals surface area contributed by atoms with Crippen molar-refractivity contribution in [2.24, 2.45) is 0 Å². The van der Waals surface area contributed by atoms with Crippen molar-refractivity contribution in [2.45, 2.75) is 32.7 Å². The molecule has 1 aromatic heterocycles. The van der Waals surface area contributed by atoms with Crippen LogP contribution in [0, 0.1) is 11.3 Å². The Labute approximate surface area is 130 Å². The number of thiophene rings is 1. The van der Waals surface area contributed by atoms with Gasteiger partial charge in [-0.2, -0.15) is 5.26 Å². The molecule has 0 aliphatic rings. The molecule has 3 nitrogen and oxygen atoms in total. The quantitative estimate of drug-likeness (QED) is 0.880. The Morgan fingerprint density at radius 3 is 2.71 bits per heavy atom. The highest BCUT2D eigenvalue weighted by molar-refractivity contribution is 7.12. The van der Waals surface area contributed by atoms with Crippen LogP contribution in [0.3, 0.4) is 0 Å². The highest BCUT2D eigenvalue weighted by Crippen LogP contribution is 2.30. The van der Waals surface area contributed by atoms with Crippen LogP contribution in [0.2, 0.25) is 0 Å². The first kappa shape index (κ1) is 15.4. The zero-order valence-electron chi connectivity index (χ0n) is 12.6. The zero-order valence-corrected chi connectivity index (χ0v) is 13.5. The molecule has 1 heterocycles. The van der Waals surface area contributed by atoms with Gasteiger partial charge >= 0.3 is 0 Å². The SMILES string of the molecule is CC(C)(C)c1ccc(CNc2cccc(OCC#N)c2)s1. The van der Waals surface area contributed by atoms with Crippen molar-refractivity contribution in [1.82, 2.24) is 0 Å². The third kappa shape index (κ3) is 4.51. The first-order chi connectivity index (χ1) is 9.99. The summed E-state index contributed by atoms with van der Waals surface area (Å²) < 4.78 is 5.30. The van der Waals surface area contributed by atoms with E-state index in [1.165, 1.54) is 9.75 Å². The number of hydrogen-bond acceptors (Lipinski definition) is 4. The fourth-order valence-corrected chi connectivity index (χ4v) is 2.88. The van der Waals surface area contributed by atoms with Crippen molar-refractivity contribution in [1.29, 1.82) is 5.26 Å². The standard InChI is InChI=1S/C17H20N2OS/c1-17(2,3)16-8-7-15(21-16)12-19-13-5-4-6-14(11-13)20-10-9-18/h4-8,11,19H,10,12H2,1-3H3. The first-order valence-electron chi connectivity index (χ1n) is 6.92. The average molecular weight is 300 g/mol. The maximum Gasteiger partial charge on any atom is 0.174 e. The first-order valence-corrected chi connectivity index (χ1v) is 7.73. The minimum Gasteiger partial charge on any atom is -0.479 e. The number of nitrogens with zero attached hydrogens (tertiary/aromatic N) is 1. The number of ether oxygens (including phenoxy) is 1. The summed E-state index contributed by atoms with van der Waals surface area (Å²) in [4.78, 5) is 2.70. The van der Waals surface area contributed by atoms with Gasteiger partial charge in [-0.1, -0.05) is 26.8 Å². The van der Waals surface area contributed by atoms with Crippen molar-refractivity contribution < 1.29 is 4.74 Å². The molecule has 0 amide bonds. The van der Waals surface area contributed by atoms with E-state index in [1.54, 1.807) is 0 Å². The molecule has 4 heteroatoms. The lowest BCUT2D eigenvalue weighted by Gasteiger charge is -2.15. The average Bonchev–Trinajstić information content (AvgIpc) is 2.92. The van der Waals surface area contributed by atoms with Gasteiger partial charge < -0.3 is 10.1 Å². The molecule has 0 fully saturated rings. The van der Waals surface area contributed by atoms with Crippen LogP contribution < -0.4 is 10.1 Å². The highest BCUT2D eigenvalue weighted by Gasteiger charge is 2.15. The molecular weight excluding hydrogens is 280 g/mol. The van der Waals surface area contributed by atoms with Gasteiger partial charge in [-0.05, 0) is 29.7 Å². The summed E-state index contributed by atoms with van der Waals surface area (Å²) in [5.41, 5.74) is 1.20. The van der Waals surface area contributed by atoms with E-state index in [2.05, 4.69) is 38.2 Å². The molecule has 0 saturated carbocycles. The van der Waals surface area contributed by atoms with E-state index >= 15 is 0 Å². The molecule has 1 aromatic carbocycles. The maximum atomic E-state index is 8.53. The van der Waals surface area contributed by atoms with E-state index in [-0.39, 0.29) is 12.0 Å². The fourth-order valence-electron chi connectivity index (χ4n) is 1.88. The van der Waals surface area contributed by atoms with Gasteiger partial charge in [0.2, 0.25) is 0 Å². The molecule has 0 aliphatic carbocycles. The van der Waals surface area contributed by atoms with Gasteiger partial charge in [0.1, 0.15) is 11.8 Å². The van der Waals surface area contributed by atoms with Crippen molar-refractivity contribution >= 4 is 17.0 Å². The molecule has 0 atom stereocenters. The summed E-state index contributed by atoms with van der Waals surface area (Å²) in [6.07, 6.45) is 0. The minimum atomic E-state index is 0.0727. The lowest BCUT2D eigenvalue weighted by molar-refractivity contribution is 0.368. The molecular formula is C17H20N2OS. The molecule has 0 saturated heterocycles. The van der Waals surface area contributed by atoms with Gasteiger partial charge in [-0.3, -0.25) is 0 Å². The number of rotatable bonds is 5. The van der Waals surface area contributed by atoms with E-state index < -0.39 is 0 Å². The van der Waals surface area contributed by atoms with Gasteiger partial charge in [-0.25, -0.2) is 0 Å². The van der Waals surface area contributed by atoms with Crippen molar-refractivity contribution in [3.05, 3.63) is 46.2 Å². The molecule has 0 bridgehead atoms.